The lowest BCUT2D eigenvalue weighted by atomic mass is 10.2. The third-order valence-corrected chi connectivity index (χ3v) is 2.72. The Morgan fingerprint density at radius 1 is 1.38 bits per heavy atom. The van der Waals surface area contributed by atoms with Crippen LogP contribution < -0.4 is 0 Å². The first-order valence-corrected chi connectivity index (χ1v) is 5.49. The summed E-state index contributed by atoms with van der Waals surface area (Å²) in [5, 5.41) is 16.6. The van der Waals surface area contributed by atoms with E-state index in [-0.39, 0.29) is 12.5 Å². The highest BCUT2D eigenvalue weighted by Gasteiger charge is 2.16. The molecule has 1 N–H and O–H groups in total. The maximum atomic E-state index is 8.89. The van der Waals surface area contributed by atoms with Crippen LogP contribution in [0.15, 0.2) is 28.7 Å². The van der Waals surface area contributed by atoms with Gasteiger partial charge in [-0.05, 0) is 12.1 Å². The molecule has 0 bridgehead atoms. The first-order chi connectivity index (χ1) is 7.72. The topological polar surface area (TPSA) is 59.2 Å². The maximum Gasteiger partial charge on any atom is 0.249 e. The molecule has 0 radical (unpaired) electrons. The van der Waals surface area contributed by atoms with Crippen LogP contribution >= 0.6 is 24.2 Å². The van der Waals surface area contributed by atoms with Crippen molar-refractivity contribution in [3.8, 4) is 11.5 Å². The van der Waals surface area contributed by atoms with Gasteiger partial charge in [0.1, 0.15) is 5.25 Å². The lowest BCUT2D eigenvalue weighted by Crippen LogP contribution is -1.95. The number of rotatable bonds is 3. The van der Waals surface area contributed by atoms with Gasteiger partial charge in [0.25, 0.3) is 0 Å². The Kier molecular flexibility index (Phi) is 3.48. The first kappa shape index (κ1) is 11.4. The zero-order valence-electron chi connectivity index (χ0n) is 8.17. The van der Waals surface area contributed by atoms with E-state index in [4.69, 9.17) is 21.1 Å². The number of hydrogen-bond donors (Lipinski definition) is 2. The summed E-state index contributed by atoms with van der Waals surface area (Å²) in [5.41, 5.74) is 0.668. The van der Waals surface area contributed by atoms with E-state index in [0.717, 1.165) is 0 Å². The highest BCUT2D eigenvalue weighted by Crippen LogP contribution is 2.28. The quantitative estimate of drug-likeness (QED) is 0.828. The number of aromatic nitrogens is 2. The lowest BCUT2D eigenvalue weighted by molar-refractivity contribution is 0.282. The van der Waals surface area contributed by atoms with E-state index in [9.17, 15) is 0 Å². The largest absolute Gasteiger partial charge is 0.419 e. The Labute approximate surface area is 103 Å². The van der Waals surface area contributed by atoms with Crippen molar-refractivity contribution in [2.24, 2.45) is 0 Å². The van der Waals surface area contributed by atoms with E-state index < -0.39 is 5.25 Å². The lowest BCUT2D eigenvalue weighted by Gasteiger charge is -1.99. The third kappa shape index (κ3) is 2.21. The normalized spacial score (nSPS) is 12.7. The molecule has 0 aliphatic heterocycles. The molecule has 4 nitrogen and oxygen atoms in total. The summed E-state index contributed by atoms with van der Waals surface area (Å²) in [6.07, 6.45) is 0. The molecule has 0 saturated carbocycles. The standard InChI is InChI=1S/C10H9ClN2O2S/c11-7-4-2-1-3-6(7)9-12-13-10(15-9)8(16)5-14/h1-4,8,14,16H,5H2. The second-order valence-corrected chi connectivity index (χ2v) is 4.15. The van der Waals surface area contributed by atoms with Crippen LogP contribution in [0.25, 0.3) is 11.5 Å². The van der Waals surface area contributed by atoms with Gasteiger partial charge in [0.15, 0.2) is 0 Å². The number of hydrogen-bond acceptors (Lipinski definition) is 5. The van der Waals surface area contributed by atoms with E-state index in [1.807, 2.05) is 12.1 Å². The van der Waals surface area contributed by atoms with Crippen LogP contribution in [-0.2, 0) is 0 Å². The van der Waals surface area contributed by atoms with Gasteiger partial charge in [-0.1, -0.05) is 23.7 Å². The van der Waals surface area contributed by atoms with Crippen molar-refractivity contribution in [2.45, 2.75) is 5.25 Å². The SMILES string of the molecule is OCC(S)c1nnc(-c2ccccc2Cl)o1. The summed E-state index contributed by atoms with van der Waals surface area (Å²) in [6, 6.07) is 7.17. The van der Waals surface area contributed by atoms with Crippen molar-refractivity contribution >= 4 is 24.2 Å². The molecule has 1 aromatic carbocycles. The number of halogens is 1. The van der Waals surface area contributed by atoms with Gasteiger partial charge in [-0.15, -0.1) is 10.2 Å². The van der Waals surface area contributed by atoms with Crippen LogP contribution in [-0.4, -0.2) is 21.9 Å². The Bertz CT molecular complexity index is 489. The predicted molar refractivity (Wildman–Crippen MR) is 63.6 cm³/mol. The number of aliphatic hydroxyl groups excluding tert-OH is 1. The second kappa shape index (κ2) is 4.86. The van der Waals surface area contributed by atoms with Crippen molar-refractivity contribution in [2.75, 3.05) is 6.61 Å². The summed E-state index contributed by atoms with van der Waals surface area (Å²) < 4.78 is 5.36. The summed E-state index contributed by atoms with van der Waals surface area (Å²) in [7, 11) is 0. The van der Waals surface area contributed by atoms with Gasteiger partial charge in [-0.2, -0.15) is 12.6 Å². The molecule has 2 rings (SSSR count). The van der Waals surface area contributed by atoms with Crippen LogP contribution in [0.4, 0.5) is 0 Å². The molecular weight excluding hydrogens is 248 g/mol. The Morgan fingerprint density at radius 3 is 2.81 bits per heavy atom. The molecule has 0 amide bonds. The molecule has 0 fully saturated rings. The monoisotopic (exact) mass is 256 g/mol. The van der Waals surface area contributed by atoms with Crippen LogP contribution in [0, 0.1) is 0 Å². The molecule has 1 aromatic heterocycles. The van der Waals surface area contributed by atoms with Gasteiger partial charge in [0.05, 0.1) is 17.2 Å². The predicted octanol–water partition coefficient (Wildman–Crippen LogP) is 2.35. The molecule has 1 atom stereocenters. The fraction of sp³-hybridized carbons (Fsp3) is 0.200. The molecule has 0 aliphatic carbocycles. The molecule has 0 aliphatic rings. The van der Waals surface area contributed by atoms with Gasteiger partial charge >= 0.3 is 0 Å². The Balaban J connectivity index is 2.35. The van der Waals surface area contributed by atoms with E-state index >= 15 is 0 Å². The minimum atomic E-state index is -0.469. The minimum absolute atomic E-state index is 0.159. The fourth-order valence-electron chi connectivity index (χ4n) is 1.19. The van der Waals surface area contributed by atoms with E-state index in [2.05, 4.69) is 22.8 Å². The highest BCUT2D eigenvalue weighted by atomic mass is 35.5. The fourth-order valence-corrected chi connectivity index (χ4v) is 1.51. The van der Waals surface area contributed by atoms with Gasteiger partial charge in [0, 0.05) is 0 Å². The molecule has 0 saturated heterocycles. The van der Waals surface area contributed by atoms with Crippen LogP contribution in [0.1, 0.15) is 11.1 Å². The summed E-state index contributed by atoms with van der Waals surface area (Å²) in [5.74, 6) is 0.605. The number of thiol groups is 1. The Hall–Kier alpha value is -1.04. The van der Waals surface area contributed by atoms with Crippen LogP contribution in [0.3, 0.4) is 0 Å². The van der Waals surface area contributed by atoms with Crippen molar-refractivity contribution in [1.29, 1.82) is 0 Å². The highest BCUT2D eigenvalue weighted by molar-refractivity contribution is 7.80. The second-order valence-electron chi connectivity index (χ2n) is 3.12. The zero-order valence-corrected chi connectivity index (χ0v) is 9.82. The van der Waals surface area contributed by atoms with E-state index in [1.54, 1.807) is 12.1 Å². The van der Waals surface area contributed by atoms with Crippen molar-refractivity contribution in [3.63, 3.8) is 0 Å². The number of nitrogens with zero attached hydrogens (tertiary/aromatic N) is 2. The van der Waals surface area contributed by atoms with Gasteiger partial charge in [0.2, 0.25) is 11.8 Å². The van der Waals surface area contributed by atoms with Gasteiger partial charge in [-0.3, -0.25) is 0 Å². The Morgan fingerprint density at radius 2 is 2.12 bits per heavy atom. The molecular formula is C10H9ClN2O2S. The van der Waals surface area contributed by atoms with Crippen molar-refractivity contribution in [1.82, 2.24) is 10.2 Å². The summed E-state index contributed by atoms with van der Waals surface area (Å²) in [6.45, 7) is -0.159. The summed E-state index contributed by atoms with van der Waals surface area (Å²) >= 11 is 10.1. The van der Waals surface area contributed by atoms with Crippen LogP contribution in [0.2, 0.25) is 5.02 Å². The molecule has 16 heavy (non-hydrogen) atoms. The minimum Gasteiger partial charge on any atom is -0.419 e. The molecule has 0 spiro atoms. The zero-order chi connectivity index (χ0) is 11.5. The molecule has 1 heterocycles. The molecule has 6 heteroatoms. The number of aliphatic hydroxyl groups is 1. The maximum absolute atomic E-state index is 8.89. The first-order valence-electron chi connectivity index (χ1n) is 4.59. The summed E-state index contributed by atoms with van der Waals surface area (Å²) in [4.78, 5) is 0. The smallest absolute Gasteiger partial charge is 0.249 e. The number of benzene rings is 1. The van der Waals surface area contributed by atoms with Gasteiger partial charge < -0.3 is 9.52 Å². The van der Waals surface area contributed by atoms with E-state index in [0.29, 0.717) is 16.5 Å². The van der Waals surface area contributed by atoms with Crippen LogP contribution in [0.5, 0.6) is 0 Å². The third-order valence-electron chi connectivity index (χ3n) is 2.00. The average molecular weight is 257 g/mol. The molecule has 2 aromatic rings. The van der Waals surface area contributed by atoms with E-state index in [1.165, 1.54) is 0 Å². The molecule has 84 valence electrons. The van der Waals surface area contributed by atoms with Crippen molar-refractivity contribution in [3.05, 3.63) is 35.2 Å². The average Bonchev–Trinajstić information content (AvgIpc) is 2.78. The van der Waals surface area contributed by atoms with Crippen molar-refractivity contribution < 1.29 is 9.52 Å². The van der Waals surface area contributed by atoms with Gasteiger partial charge in [-0.25, -0.2) is 0 Å². The molecule has 1 unspecified atom stereocenters.